The molecule has 0 bridgehead atoms. The minimum absolute atomic E-state index is 0.0182. The molecule has 1 aliphatic carbocycles. The Hall–Kier alpha value is -0.170. The van der Waals surface area contributed by atoms with Crippen molar-refractivity contribution in [3.05, 3.63) is 21.9 Å². The molecule has 0 aromatic carbocycles. The lowest BCUT2D eigenvalue weighted by molar-refractivity contribution is 0.341. The summed E-state index contributed by atoms with van der Waals surface area (Å²) in [7, 11) is -3.60. The van der Waals surface area contributed by atoms with Crippen LogP contribution in [0.15, 0.2) is 21.6 Å². The van der Waals surface area contributed by atoms with E-state index in [-0.39, 0.29) is 16.1 Å². The van der Waals surface area contributed by atoms with E-state index in [2.05, 4.69) is 20.9 Å². The molecule has 4 nitrogen and oxygen atoms in total. The Labute approximate surface area is 127 Å². The predicted molar refractivity (Wildman–Crippen MR) is 78.7 cm³/mol. The maximum atomic E-state index is 12.7. The molecule has 0 N–H and O–H groups in total. The summed E-state index contributed by atoms with van der Waals surface area (Å²) < 4.78 is 27.5. The Morgan fingerprint density at radius 3 is 2.68 bits per heavy atom. The lowest BCUT2D eigenvalue weighted by Crippen LogP contribution is -2.38. The summed E-state index contributed by atoms with van der Waals surface area (Å²) in [5.41, 5.74) is 0. The number of pyridine rings is 1. The Kier molecular flexibility index (Phi) is 4.55. The zero-order valence-corrected chi connectivity index (χ0v) is 14.0. The second kappa shape index (κ2) is 5.68. The predicted octanol–water partition coefficient (Wildman–Crippen LogP) is 3.31. The number of sulfonamides is 1. The van der Waals surface area contributed by atoms with Crippen molar-refractivity contribution in [1.82, 2.24) is 9.29 Å². The number of nitrogens with zero attached hydrogens (tertiary/aromatic N) is 2. The molecule has 0 aliphatic heterocycles. The molecule has 1 aromatic rings. The molecule has 1 fully saturated rings. The molecular formula is C12H16BrClN2O2S. The van der Waals surface area contributed by atoms with Gasteiger partial charge in [-0.2, -0.15) is 4.31 Å². The highest BCUT2D eigenvalue weighted by molar-refractivity contribution is 9.10. The standard InChI is InChI=1S/C12H16BrClN2O2S/c1-8(2)16(7-9-3-4-9)19(17,18)11-5-10(13)6-15-12(11)14/h5-6,8-9H,3-4,7H2,1-2H3. The molecule has 0 spiro atoms. The molecule has 0 amide bonds. The van der Waals surface area contributed by atoms with E-state index in [0.29, 0.717) is 16.9 Å². The Morgan fingerprint density at radius 2 is 2.16 bits per heavy atom. The largest absolute Gasteiger partial charge is 0.246 e. The fourth-order valence-electron chi connectivity index (χ4n) is 1.85. The van der Waals surface area contributed by atoms with Crippen LogP contribution < -0.4 is 0 Å². The maximum absolute atomic E-state index is 12.7. The van der Waals surface area contributed by atoms with Gasteiger partial charge in [0.25, 0.3) is 0 Å². The van der Waals surface area contributed by atoms with E-state index >= 15 is 0 Å². The zero-order chi connectivity index (χ0) is 14.2. The molecule has 1 aromatic heterocycles. The molecule has 0 radical (unpaired) electrons. The normalized spacial score (nSPS) is 16.3. The van der Waals surface area contributed by atoms with E-state index in [9.17, 15) is 8.42 Å². The van der Waals surface area contributed by atoms with Crippen molar-refractivity contribution in [2.45, 2.75) is 37.6 Å². The van der Waals surface area contributed by atoms with Gasteiger partial charge < -0.3 is 0 Å². The van der Waals surface area contributed by atoms with Gasteiger partial charge in [-0.3, -0.25) is 0 Å². The van der Waals surface area contributed by atoms with Gasteiger partial charge in [0.1, 0.15) is 10.0 Å². The third-order valence-corrected chi connectivity index (χ3v) is 5.97. The molecular weight excluding hydrogens is 352 g/mol. The summed E-state index contributed by atoms with van der Waals surface area (Å²) in [6.07, 6.45) is 3.69. The minimum Gasteiger partial charge on any atom is -0.242 e. The van der Waals surface area contributed by atoms with Crippen LogP contribution in [0.25, 0.3) is 0 Å². The average molecular weight is 368 g/mol. The van der Waals surface area contributed by atoms with Crippen LogP contribution >= 0.6 is 27.5 Å². The van der Waals surface area contributed by atoms with Gasteiger partial charge >= 0.3 is 0 Å². The zero-order valence-electron chi connectivity index (χ0n) is 10.8. The lowest BCUT2D eigenvalue weighted by atomic mass is 10.3. The highest BCUT2D eigenvalue weighted by Gasteiger charge is 2.34. The quantitative estimate of drug-likeness (QED) is 0.750. The lowest BCUT2D eigenvalue weighted by Gasteiger charge is -2.26. The minimum atomic E-state index is -3.60. The second-order valence-corrected chi connectivity index (χ2v) is 8.19. The Morgan fingerprint density at radius 1 is 1.53 bits per heavy atom. The van der Waals surface area contributed by atoms with Gasteiger partial charge in [-0.05, 0) is 54.6 Å². The van der Waals surface area contributed by atoms with Gasteiger partial charge in [0.2, 0.25) is 10.0 Å². The molecule has 1 saturated carbocycles. The number of hydrogen-bond donors (Lipinski definition) is 0. The average Bonchev–Trinajstić information content (AvgIpc) is 3.12. The molecule has 0 unspecified atom stereocenters. The van der Waals surface area contributed by atoms with Crippen LogP contribution in [0.5, 0.6) is 0 Å². The number of aromatic nitrogens is 1. The summed E-state index contributed by atoms with van der Waals surface area (Å²) in [5, 5.41) is 0.0182. The van der Waals surface area contributed by atoms with E-state index in [1.54, 1.807) is 0 Å². The highest BCUT2D eigenvalue weighted by Crippen LogP contribution is 2.34. The number of hydrogen-bond acceptors (Lipinski definition) is 3. The first kappa shape index (κ1) is 15.2. The van der Waals surface area contributed by atoms with Crippen molar-refractivity contribution >= 4 is 37.6 Å². The molecule has 0 atom stereocenters. The van der Waals surface area contributed by atoms with Crippen molar-refractivity contribution in [2.24, 2.45) is 5.92 Å². The first-order valence-corrected chi connectivity index (χ1v) is 8.76. The van der Waals surface area contributed by atoms with Crippen LogP contribution in [0.4, 0.5) is 0 Å². The summed E-state index contributed by atoms with van der Waals surface area (Å²) in [5.74, 6) is 0.482. The van der Waals surface area contributed by atoms with Crippen LogP contribution in [-0.4, -0.2) is 30.3 Å². The van der Waals surface area contributed by atoms with Gasteiger partial charge in [0.15, 0.2) is 0 Å². The summed E-state index contributed by atoms with van der Waals surface area (Å²) in [4.78, 5) is 3.96. The van der Waals surface area contributed by atoms with Gasteiger partial charge in [-0.1, -0.05) is 11.6 Å². The van der Waals surface area contributed by atoms with Gasteiger partial charge in [-0.25, -0.2) is 13.4 Å². The molecule has 7 heteroatoms. The SMILES string of the molecule is CC(C)N(CC1CC1)S(=O)(=O)c1cc(Br)cnc1Cl. The summed E-state index contributed by atoms with van der Waals surface area (Å²) in [6.45, 7) is 4.31. The Bertz CT molecular complexity index is 573. The van der Waals surface area contributed by atoms with E-state index in [1.807, 2.05) is 13.8 Å². The molecule has 106 valence electrons. The van der Waals surface area contributed by atoms with Crippen molar-refractivity contribution in [1.29, 1.82) is 0 Å². The highest BCUT2D eigenvalue weighted by atomic mass is 79.9. The molecule has 1 heterocycles. The first-order chi connectivity index (χ1) is 8.82. The summed E-state index contributed by atoms with van der Waals surface area (Å²) >= 11 is 9.18. The van der Waals surface area contributed by atoms with Crippen LogP contribution in [0.1, 0.15) is 26.7 Å². The fraction of sp³-hybridized carbons (Fsp3) is 0.583. The monoisotopic (exact) mass is 366 g/mol. The van der Waals surface area contributed by atoms with Gasteiger partial charge in [0, 0.05) is 23.3 Å². The van der Waals surface area contributed by atoms with Crippen LogP contribution in [0.3, 0.4) is 0 Å². The second-order valence-electron chi connectivity index (χ2n) is 5.05. The van der Waals surface area contributed by atoms with Crippen LogP contribution in [-0.2, 0) is 10.0 Å². The van der Waals surface area contributed by atoms with Crippen molar-refractivity contribution < 1.29 is 8.42 Å². The fourth-order valence-corrected chi connectivity index (χ4v) is 4.49. The Balaban J connectivity index is 2.40. The molecule has 19 heavy (non-hydrogen) atoms. The topological polar surface area (TPSA) is 50.3 Å². The maximum Gasteiger partial charge on any atom is 0.246 e. The van der Waals surface area contributed by atoms with Crippen LogP contribution in [0.2, 0.25) is 5.15 Å². The van der Waals surface area contributed by atoms with Crippen LogP contribution in [0, 0.1) is 5.92 Å². The van der Waals surface area contributed by atoms with E-state index in [4.69, 9.17) is 11.6 Å². The molecule has 1 aliphatic rings. The van der Waals surface area contributed by atoms with Crippen molar-refractivity contribution in [3.8, 4) is 0 Å². The third-order valence-electron chi connectivity index (χ3n) is 3.07. The van der Waals surface area contributed by atoms with Crippen molar-refractivity contribution in [3.63, 3.8) is 0 Å². The van der Waals surface area contributed by atoms with E-state index in [1.165, 1.54) is 16.6 Å². The van der Waals surface area contributed by atoms with Gasteiger partial charge in [0.05, 0.1) is 0 Å². The first-order valence-electron chi connectivity index (χ1n) is 6.15. The smallest absolute Gasteiger partial charge is 0.242 e. The molecule has 0 saturated heterocycles. The van der Waals surface area contributed by atoms with E-state index in [0.717, 1.165) is 12.8 Å². The summed E-state index contributed by atoms with van der Waals surface area (Å²) in [6, 6.07) is 1.41. The number of rotatable bonds is 5. The third kappa shape index (κ3) is 3.48. The van der Waals surface area contributed by atoms with Gasteiger partial charge in [-0.15, -0.1) is 0 Å². The number of halogens is 2. The molecule has 2 rings (SSSR count). The van der Waals surface area contributed by atoms with E-state index < -0.39 is 10.0 Å². The van der Waals surface area contributed by atoms with Crippen molar-refractivity contribution in [2.75, 3.05) is 6.54 Å².